The first kappa shape index (κ1) is 19.5. The summed E-state index contributed by atoms with van der Waals surface area (Å²) in [5, 5.41) is 17.0. The van der Waals surface area contributed by atoms with Gasteiger partial charge in [-0.3, -0.25) is 9.59 Å². The van der Waals surface area contributed by atoms with Crippen LogP contribution in [0.1, 0.15) is 44.1 Å². The van der Waals surface area contributed by atoms with Crippen LogP contribution < -0.4 is 5.32 Å². The summed E-state index contributed by atoms with van der Waals surface area (Å²) in [5.41, 5.74) is 2.61. The number of hydrogen-bond acceptors (Lipinski definition) is 4. The number of carbonyl (C=O) groups excluding carboxylic acids is 1. The lowest BCUT2D eigenvalue weighted by atomic mass is 10.0. The molecule has 0 bridgehead atoms. The maximum atomic E-state index is 13.0. The lowest BCUT2D eigenvalue weighted by molar-refractivity contribution is -0.141. The van der Waals surface area contributed by atoms with Crippen LogP contribution in [0.2, 0.25) is 0 Å². The van der Waals surface area contributed by atoms with E-state index in [2.05, 4.69) is 10.4 Å². The number of nitrogens with one attached hydrogen (secondary N) is 1. The molecule has 3 aromatic rings. The largest absolute Gasteiger partial charge is 0.481 e. The standard InChI is InChI=1S/C21H24N4O3/c1-12(2)25-19-17(11-22-25)16(20(26)23-14(4)13(3)21(27)28)10-18(24-19)15-8-6-5-7-9-15/h5-14H,1-4H3,(H,23,26)(H,27,28). The number of aliphatic carboxylic acids is 1. The van der Waals surface area contributed by atoms with Gasteiger partial charge in [-0.1, -0.05) is 30.3 Å². The molecule has 7 heteroatoms. The van der Waals surface area contributed by atoms with Gasteiger partial charge in [0, 0.05) is 17.6 Å². The first-order chi connectivity index (χ1) is 13.3. The number of pyridine rings is 1. The summed E-state index contributed by atoms with van der Waals surface area (Å²) in [5.74, 6) is -1.99. The van der Waals surface area contributed by atoms with Gasteiger partial charge < -0.3 is 10.4 Å². The second kappa shape index (κ2) is 7.80. The topological polar surface area (TPSA) is 97.1 Å². The lowest BCUT2D eigenvalue weighted by Gasteiger charge is -2.18. The summed E-state index contributed by atoms with van der Waals surface area (Å²) in [7, 11) is 0. The zero-order valence-corrected chi connectivity index (χ0v) is 16.4. The maximum absolute atomic E-state index is 13.0. The molecule has 2 aromatic heterocycles. The van der Waals surface area contributed by atoms with E-state index >= 15 is 0 Å². The van der Waals surface area contributed by atoms with Crippen LogP contribution in [0.4, 0.5) is 0 Å². The van der Waals surface area contributed by atoms with E-state index in [9.17, 15) is 14.7 Å². The van der Waals surface area contributed by atoms with Gasteiger partial charge >= 0.3 is 5.97 Å². The van der Waals surface area contributed by atoms with Crippen molar-refractivity contribution in [3.05, 3.63) is 48.2 Å². The fourth-order valence-electron chi connectivity index (χ4n) is 2.96. The molecule has 2 N–H and O–H groups in total. The minimum atomic E-state index is -0.953. The van der Waals surface area contributed by atoms with Crippen LogP contribution in [0.25, 0.3) is 22.3 Å². The number of carboxylic acid groups (broad SMARTS) is 1. The summed E-state index contributed by atoms with van der Waals surface area (Å²) >= 11 is 0. The summed E-state index contributed by atoms with van der Waals surface area (Å²) in [4.78, 5) is 28.9. The molecule has 2 heterocycles. The smallest absolute Gasteiger partial charge is 0.308 e. The molecule has 0 radical (unpaired) electrons. The van der Waals surface area contributed by atoms with Gasteiger partial charge in [0.1, 0.15) is 0 Å². The minimum Gasteiger partial charge on any atom is -0.481 e. The van der Waals surface area contributed by atoms with Gasteiger partial charge in [0.2, 0.25) is 0 Å². The van der Waals surface area contributed by atoms with Crippen molar-refractivity contribution >= 4 is 22.9 Å². The Bertz CT molecular complexity index is 1010. The van der Waals surface area contributed by atoms with Crippen molar-refractivity contribution in [1.82, 2.24) is 20.1 Å². The molecule has 2 atom stereocenters. The average Bonchev–Trinajstić information content (AvgIpc) is 3.11. The normalized spacial score (nSPS) is 13.5. The predicted molar refractivity (Wildman–Crippen MR) is 107 cm³/mol. The average molecular weight is 380 g/mol. The van der Waals surface area contributed by atoms with E-state index in [0.717, 1.165) is 5.56 Å². The quantitative estimate of drug-likeness (QED) is 0.682. The molecule has 146 valence electrons. The molecule has 0 saturated carbocycles. The highest BCUT2D eigenvalue weighted by Gasteiger charge is 2.24. The Labute approximate surface area is 163 Å². The molecule has 1 aromatic carbocycles. The Morgan fingerprint density at radius 1 is 1.11 bits per heavy atom. The Morgan fingerprint density at radius 2 is 1.79 bits per heavy atom. The molecule has 0 fully saturated rings. The fraction of sp³-hybridized carbons (Fsp3) is 0.333. The number of rotatable bonds is 6. The molecule has 0 aliphatic carbocycles. The van der Waals surface area contributed by atoms with Gasteiger partial charge in [-0.05, 0) is 33.8 Å². The molecule has 2 unspecified atom stereocenters. The van der Waals surface area contributed by atoms with Crippen LogP contribution >= 0.6 is 0 Å². The van der Waals surface area contributed by atoms with Crippen LogP contribution in [-0.4, -0.2) is 37.8 Å². The summed E-state index contributed by atoms with van der Waals surface area (Å²) in [6, 6.07) is 10.9. The predicted octanol–water partition coefficient (Wildman–Crippen LogP) is 3.52. The molecular weight excluding hydrogens is 356 g/mol. The Hall–Kier alpha value is -3.22. The summed E-state index contributed by atoms with van der Waals surface area (Å²) in [6.45, 7) is 7.26. The zero-order valence-electron chi connectivity index (χ0n) is 16.4. The number of benzene rings is 1. The van der Waals surface area contributed by atoms with Gasteiger partial charge in [-0.2, -0.15) is 5.10 Å². The molecule has 0 aliphatic rings. The summed E-state index contributed by atoms with van der Waals surface area (Å²) < 4.78 is 1.78. The monoisotopic (exact) mass is 380 g/mol. The number of aromatic nitrogens is 3. The number of fused-ring (bicyclic) bond motifs is 1. The van der Waals surface area contributed by atoms with Crippen molar-refractivity contribution in [2.45, 2.75) is 39.8 Å². The van der Waals surface area contributed by atoms with Crippen molar-refractivity contribution in [3.63, 3.8) is 0 Å². The molecule has 0 saturated heterocycles. The lowest BCUT2D eigenvalue weighted by Crippen LogP contribution is -2.40. The maximum Gasteiger partial charge on any atom is 0.308 e. The van der Waals surface area contributed by atoms with E-state index < -0.39 is 17.9 Å². The molecular formula is C21H24N4O3. The van der Waals surface area contributed by atoms with E-state index in [1.165, 1.54) is 0 Å². The number of amides is 1. The Kier molecular flexibility index (Phi) is 5.44. The van der Waals surface area contributed by atoms with Gasteiger partial charge in [0.05, 0.1) is 28.8 Å². The van der Waals surface area contributed by atoms with Crippen molar-refractivity contribution in [1.29, 1.82) is 0 Å². The van der Waals surface area contributed by atoms with Gasteiger partial charge in [-0.25, -0.2) is 9.67 Å². The van der Waals surface area contributed by atoms with Gasteiger partial charge in [0.25, 0.3) is 5.91 Å². The van der Waals surface area contributed by atoms with E-state index in [1.807, 2.05) is 44.2 Å². The minimum absolute atomic E-state index is 0.0814. The first-order valence-electron chi connectivity index (χ1n) is 9.27. The van der Waals surface area contributed by atoms with Crippen LogP contribution in [-0.2, 0) is 4.79 Å². The van der Waals surface area contributed by atoms with Crippen molar-refractivity contribution in [2.24, 2.45) is 5.92 Å². The molecule has 28 heavy (non-hydrogen) atoms. The first-order valence-corrected chi connectivity index (χ1v) is 9.27. The van der Waals surface area contributed by atoms with Crippen LogP contribution in [0.15, 0.2) is 42.6 Å². The Balaban J connectivity index is 2.10. The highest BCUT2D eigenvalue weighted by molar-refractivity contribution is 6.06. The molecule has 7 nitrogen and oxygen atoms in total. The number of hydrogen-bond donors (Lipinski definition) is 2. The third-order valence-corrected chi connectivity index (χ3v) is 4.87. The highest BCUT2D eigenvalue weighted by atomic mass is 16.4. The van der Waals surface area contributed by atoms with Crippen LogP contribution in [0.5, 0.6) is 0 Å². The van der Waals surface area contributed by atoms with Crippen molar-refractivity contribution in [2.75, 3.05) is 0 Å². The van der Waals surface area contributed by atoms with E-state index in [-0.39, 0.29) is 11.9 Å². The molecule has 0 aliphatic heterocycles. The van der Waals surface area contributed by atoms with Crippen molar-refractivity contribution < 1.29 is 14.7 Å². The number of carbonyl (C=O) groups is 2. The van der Waals surface area contributed by atoms with E-state index in [0.29, 0.717) is 22.3 Å². The summed E-state index contributed by atoms with van der Waals surface area (Å²) in [6.07, 6.45) is 1.64. The van der Waals surface area contributed by atoms with Crippen molar-refractivity contribution in [3.8, 4) is 11.3 Å². The second-order valence-corrected chi connectivity index (χ2v) is 7.23. The third-order valence-electron chi connectivity index (χ3n) is 4.87. The van der Waals surface area contributed by atoms with Crippen LogP contribution in [0, 0.1) is 5.92 Å². The number of nitrogens with zero attached hydrogens (tertiary/aromatic N) is 3. The fourth-order valence-corrected chi connectivity index (χ4v) is 2.96. The highest BCUT2D eigenvalue weighted by Crippen LogP contribution is 2.26. The van der Waals surface area contributed by atoms with E-state index in [4.69, 9.17) is 4.98 Å². The SMILES string of the molecule is CC(NC(=O)c1cc(-c2ccccc2)nc2c1cnn2C(C)C)C(C)C(=O)O. The van der Waals surface area contributed by atoms with E-state index in [1.54, 1.807) is 30.8 Å². The van der Waals surface area contributed by atoms with Crippen LogP contribution in [0.3, 0.4) is 0 Å². The third kappa shape index (κ3) is 3.74. The molecule has 1 amide bonds. The Morgan fingerprint density at radius 3 is 2.39 bits per heavy atom. The van der Waals surface area contributed by atoms with Gasteiger partial charge in [0.15, 0.2) is 5.65 Å². The zero-order chi connectivity index (χ0) is 20.4. The number of carboxylic acids is 1. The second-order valence-electron chi connectivity index (χ2n) is 7.23. The van der Waals surface area contributed by atoms with Gasteiger partial charge in [-0.15, -0.1) is 0 Å². The molecule has 3 rings (SSSR count). The molecule has 0 spiro atoms.